The van der Waals surface area contributed by atoms with Gasteiger partial charge >= 0.3 is 6.09 Å². The third-order valence-corrected chi connectivity index (χ3v) is 5.26. The van der Waals surface area contributed by atoms with Crippen LogP contribution in [0.4, 0.5) is 4.79 Å². The summed E-state index contributed by atoms with van der Waals surface area (Å²) in [7, 11) is 0. The molecular weight excluding hydrogens is 390 g/mol. The average molecular weight is 415 g/mol. The minimum atomic E-state index is -0.431. The van der Waals surface area contributed by atoms with Gasteiger partial charge in [0, 0.05) is 12.5 Å². The highest BCUT2D eigenvalue weighted by Crippen LogP contribution is 2.44. The topological polar surface area (TPSA) is 67.8 Å². The molecule has 3 aromatic carbocycles. The zero-order chi connectivity index (χ0) is 21.5. The molecule has 0 saturated carbocycles. The van der Waals surface area contributed by atoms with Crippen LogP contribution in [0.15, 0.2) is 78.9 Å². The van der Waals surface area contributed by atoms with Gasteiger partial charge in [0.15, 0.2) is 0 Å². The van der Waals surface area contributed by atoms with E-state index in [1.54, 1.807) is 0 Å². The molecule has 2 N–H and O–H groups in total. The molecule has 0 unspecified atom stereocenters. The van der Waals surface area contributed by atoms with Crippen molar-refractivity contribution in [2.24, 2.45) is 0 Å². The van der Waals surface area contributed by atoms with Crippen LogP contribution in [0.1, 0.15) is 22.6 Å². The molecule has 0 spiro atoms. The number of hydrogen-bond acceptors (Lipinski definition) is 4. The van der Waals surface area contributed by atoms with Crippen LogP contribution >= 0.6 is 0 Å². The molecule has 0 heterocycles. The van der Waals surface area contributed by atoms with Crippen LogP contribution in [0.25, 0.3) is 17.2 Å². The smallest absolute Gasteiger partial charge is 0.407 e. The maximum atomic E-state index is 12.2. The van der Waals surface area contributed by atoms with E-state index in [1.165, 1.54) is 22.3 Å². The van der Waals surface area contributed by atoms with E-state index in [2.05, 4.69) is 29.6 Å². The highest BCUT2D eigenvalue weighted by atomic mass is 16.5. The Morgan fingerprint density at radius 2 is 1.58 bits per heavy atom. The largest absolute Gasteiger partial charge is 0.491 e. The molecule has 31 heavy (non-hydrogen) atoms. The van der Waals surface area contributed by atoms with Crippen molar-refractivity contribution in [3.05, 3.63) is 95.6 Å². The normalized spacial score (nSPS) is 12.4. The van der Waals surface area contributed by atoms with Crippen molar-refractivity contribution in [3.8, 4) is 16.9 Å². The summed E-state index contributed by atoms with van der Waals surface area (Å²) in [5.41, 5.74) is 5.81. The predicted molar refractivity (Wildman–Crippen MR) is 121 cm³/mol. The molecule has 1 amide bonds. The second-order valence-electron chi connectivity index (χ2n) is 7.25. The van der Waals surface area contributed by atoms with Crippen molar-refractivity contribution in [3.63, 3.8) is 0 Å². The number of fused-ring (bicyclic) bond motifs is 3. The molecule has 0 bridgehead atoms. The Labute approximate surface area is 182 Å². The number of carbonyl (C=O) groups is 1. The second-order valence-corrected chi connectivity index (χ2v) is 7.25. The lowest BCUT2D eigenvalue weighted by atomic mass is 9.98. The Kier molecular flexibility index (Phi) is 6.65. The van der Waals surface area contributed by atoms with Gasteiger partial charge in [-0.3, -0.25) is 0 Å². The monoisotopic (exact) mass is 415 g/mol. The molecule has 1 aliphatic rings. The quantitative estimate of drug-likeness (QED) is 0.564. The van der Waals surface area contributed by atoms with E-state index in [1.807, 2.05) is 60.7 Å². The van der Waals surface area contributed by atoms with Crippen LogP contribution < -0.4 is 10.1 Å². The van der Waals surface area contributed by atoms with Gasteiger partial charge in [-0.2, -0.15) is 0 Å². The molecule has 0 aliphatic heterocycles. The van der Waals surface area contributed by atoms with Gasteiger partial charge in [0.05, 0.1) is 6.61 Å². The molecule has 158 valence electrons. The molecule has 3 aromatic rings. The molecule has 0 fully saturated rings. The van der Waals surface area contributed by atoms with E-state index in [9.17, 15) is 4.79 Å². The summed E-state index contributed by atoms with van der Waals surface area (Å²) in [5.74, 6) is 0.767. The number of carbonyl (C=O) groups excluding carboxylic acids is 1. The fourth-order valence-corrected chi connectivity index (χ4v) is 3.83. The number of hydrogen-bond donors (Lipinski definition) is 2. The molecule has 5 nitrogen and oxygen atoms in total. The van der Waals surface area contributed by atoms with E-state index in [0.717, 1.165) is 5.56 Å². The Morgan fingerprint density at radius 3 is 2.23 bits per heavy atom. The number of alkyl carbamates (subject to hydrolysis) is 1. The van der Waals surface area contributed by atoms with Crippen molar-refractivity contribution in [1.29, 1.82) is 0 Å². The third kappa shape index (κ3) is 4.95. The molecular formula is C26H25NO4. The number of benzene rings is 3. The molecule has 4 rings (SSSR count). The van der Waals surface area contributed by atoms with Gasteiger partial charge in [-0.25, -0.2) is 4.79 Å². The highest BCUT2D eigenvalue weighted by Gasteiger charge is 2.28. The van der Waals surface area contributed by atoms with Crippen molar-refractivity contribution < 1.29 is 19.4 Å². The van der Waals surface area contributed by atoms with Crippen LogP contribution in [0.5, 0.6) is 5.75 Å². The summed E-state index contributed by atoms with van der Waals surface area (Å²) in [6.45, 7) is 0.945. The van der Waals surface area contributed by atoms with E-state index < -0.39 is 6.09 Å². The fourth-order valence-electron chi connectivity index (χ4n) is 3.83. The van der Waals surface area contributed by atoms with Crippen molar-refractivity contribution in [2.75, 3.05) is 26.4 Å². The van der Waals surface area contributed by atoms with E-state index in [0.29, 0.717) is 18.9 Å². The molecule has 0 radical (unpaired) electrons. The molecule has 1 aliphatic carbocycles. The van der Waals surface area contributed by atoms with Crippen LogP contribution in [0.2, 0.25) is 0 Å². The van der Waals surface area contributed by atoms with Crippen LogP contribution in [0, 0.1) is 0 Å². The number of aliphatic hydroxyl groups excluding tert-OH is 1. The third-order valence-electron chi connectivity index (χ3n) is 5.26. The summed E-state index contributed by atoms with van der Waals surface area (Å²) in [6.07, 6.45) is 3.35. The minimum absolute atomic E-state index is 0.0107. The lowest BCUT2D eigenvalue weighted by Crippen LogP contribution is -2.26. The minimum Gasteiger partial charge on any atom is -0.491 e. The molecule has 0 saturated heterocycles. The van der Waals surface area contributed by atoms with Gasteiger partial charge in [0.1, 0.15) is 19.0 Å². The molecule has 5 heteroatoms. The lowest BCUT2D eigenvalue weighted by Gasteiger charge is -2.14. The van der Waals surface area contributed by atoms with Gasteiger partial charge in [-0.15, -0.1) is 0 Å². The highest BCUT2D eigenvalue weighted by molar-refractivity contribution is 5.79. The number of ether oxygens (including phenoxy) is 2. The number of rotatable bonds is 8. The zero-order valence-corrected chi connectivity index (χ0v) is 17.2. The van der Waals surface area contributed by atoms with Gasteiger partial charge in [0.2, 0.25) is 0 Å². The van der Waals surface area contributed by atoms with Crippen LogP contribution in [0.3, 0.4) is 0 Å². The maximum Gasteiger partial charge on any atom is 0.407 e. The standard InChI is InChI=1S/C26H25NO4/c28-16-17-30-20-13-11-19(12-14-20)6-5-15-27-26(29)31-18-25-23-9-3-1-7-21(23)22-8-2-4-10-24(22)25/h1-14,25,28H,15-18H2,(H,27,29). The van der Waals surface area contributed by atoms with E-state index >= 15 is 0 Å². The summed E-state index contributed by atoms with van der Waals surface area (Å²) in [4.78, 5) is 12.2. The first-order chi connectivity index (χ1) is 15.3. The summed E-state index contributed by atoms with van der Waals surface area (Å²) in [5, 5.41) is 11.5. The average Bonchev–Trinajstić information content (AvgIpc) is 3.14. The second kappa shape index (κ2) is 9.96. The van der Waals surface area contributed by atoms with Gasteiger partial charge in [-0.1, -0.05) is 72.8 Å². The van der Waals surface area contributed by atoms with E-state index in [4.69, 9.17) is 14.6 Å². The summed E-state index contributed by atoms with van der Waals surface area (Å²) < 4.78 is 10.9. The van der Waals surface area contributed by atoms with Gasteiger partial charge in [0.25, 0.3) is 0 Å². The van der Waals surface area contributed by atoms with Crippen molar-refractivity contribution in [1.82, 2.24) is 5.32 Å². The maximum absolute atomic E-state index is 12.2. The van der Waals surface area contributed by atoms with Crippen LogP contribution in [-0.4, -0.2) is 37.6 Å². The molecule has 0 atom stereocenters. The number of aliphatic hydroxyl groups is 1. The Bertz CT molecular complexity index is 1010. The summed E-state index contributed by atoms with van der Waals surface area (Å²) >= 11 is 0. The Balaban J connectivity index is 1.27. The van der Waals surface area contributed by atoms with Gasteiger partial charge < -0.3 is 19.9 Å². The lowest BCUT2D eigenvalue weighted by molar-refractivity contribution is 0.144. The summed E-state index contributed by atoms with van der Waals surface area (Å²) in [6, 6.07) is 24.1. The van der Waals surface area contributed by atoms with Crippen molar-refractivity contribution in [2.45, 2.75) is 5.92 Å². The first kappa shape index (κ1) is 20.7. The van der Waals surface area contributed by atoms with E-state index in [-0.39, 0.29) is 19.1 Å². The molecule has 0 aromatic heterocycles. The number of nitrogens with one attached hydrogen (secondary N) is 1. The first-order valence-electron chi connectivity index (χ1n) is 10.4. The van der Waals surface area contributed by atoms with Gasteiger partial charge in [-0.05, 0) is 39.9 Å². The Morgan fingerprint density at radius 1 is 0.935 bits per heavy atom. The SMILES string of the molecule is O=C(NCC=Cc1ccc(OCCO)cc1)OCC1c2ccccc2-c2ccccc21. The van der Waals surface area contributed by atoms with Crippen LogP contribution in [-0.2, 0) is 4.74 Å². The van der Waals surface area contributed by atoms with Crippen molar-refractivity contribution >= 4 is 12.2 Å². The first-order valence-corrected chi connectivity index (χ1v) is 10.4. The predicted octanol–water partition coefficient (Wildman–Crippen LogP) is 4.61. The zero-order valence-electron chi connectivity index (χ0n) is 17.2. The Hall–Kier alpha value is -3.57. The fraction of sp³-hybridized carbons (Fsp3) is 0.192. The number of amides is 1.